The minimum Gasteiger partial charge on any atom is -0.439 e. The number of aromatic nitrogens is 2. The van der Waals surface area contributed by atoms with Crippen molar-refractivity contribution < 1.29 is 4.74 Å². The third kappa shape index (κ3) is 6.02. The van der Waals surface area contributed by atoms with Crippen LogP contribution in [0.15, 0.2) is 67.0 Å². The molecule has 0 atom stereocenters. The zero-order valence-corrected chi connectivity index (χ0v) is 17.3. The van der Waals surface area contributed by atoms with Crippen molar-refractivity contribution in [2.75, 3.05) is 31.5 Å². The molecular weight excluding hydrogens is 374 g/mol. The molecule has 156 valence electrons. The lowest BCUT2D eigenvalue weighted by atomic mass is 10.1. The maximum Gasteiger partial charge on any atom is 0.223 e. The molecule has 1 fully saturated rings. The molecule has 6 heteroatoms. The molecule has 0 spiro atoms. The van der Waals surface area contributed by atoms with E-state index in [1.165, 1.54) is 32.4 Å². The highest BCUT2D eigenvalue weighted by atomic mass is 16.5. The highest BCUT2D eigenvalue weighted by molar-refractivity contribution is 5.57. The van der Waals surface area contributed by atoms with Crippen molar-refractivity contribution in [2.45, 2.75) is 25.8 Å². The fraction of sp³-hybridized carbons (Fsp3) is 0.333. The number of piperidine rings is 1. The Bertz CT molecular complexity index is 895. The molecule has 2 aromatic heterocycles. The predicted octanol–water partition coefficient (Wildman–Crippen LogP) is 4.59. The molecule has 0 saturated carbocycles. The number of likely N-dealkylation sites (tertiary alicyclic amines) is 1. The number of nitrogens with zero attached hydrogens (tertiary/aromatic N) is 3. The van der Waals surface area contributed by atoms with E-state index in [1.807, 2.05) is 48.5 Å². The van der Waals surface area contributed by atoms with Gasteiger partial charge in [-0.15, -0.1) is 0 Å². The van der Waals surface area contributed by atoms with Crippen molar-refractivity contribution in [3.63, 3.8) is 0 Å². The van der Waals surface area contributed by atoms with Crippen molar-refractivity contribution in [1.29, 1.82) is 0 Å². The molecule has 1 aliphatic rings. The van der Waals surface area contributed by atoms with Gasteiger partial charge < -0.3 is 20.3 Å². The van der Waals surface area contributed by atoms with Gasteiger partial charge in [-0.1, -0.05) is 18.6 Å². The second-order valence-electron chi connectivity index (χ2n) is 7.51. The Morgan fingerprint density at radius 1 is 0.867 bits per heavy atom. The normalized spacial score (nSPS) is 14.4. The van der Waals surface area contributed by atoms with Gasteiger partial charge in [0.1, 0.15) is 11.6 Å². The summed E-state index contributed by atoms with van der Waals surface area (Å²) >= 11 is 0. The Morgan fingerprint density at radius 3 is 2.50 bits per heavy atom. The van der Waals surface area contributed by atoms with Crippen LogP contribution in [0.25, 0.3) is 0 Å². The summed E-state index contributed by atoms with van der Waals surface area (Å²) < 4.78 is 6.06. The number of hydrogen-bond donors (Lipinski definition) is 2. The van der Waals surface area contributed by atoms with Gasteiger partial charge in [0.05, 0.1) is 0 Å². The van der Waals surface area contributed by atoms with Crippen molar-refractivity contribution in [3.05, 3.63) is 72.6 Å². The number of benzene rings is 1. The average Bonchev–Trinajstić information content (AvgIpc) is 2.80. The second kappa shape index (κ2) is 10.7. The zero-order chi connectivity index (χ0) is 20.4. The summed E-state index contributed by atoms with van der Waals surface area (Å²) in [4.78, 5) is 11.3. The van der Waals surface area contributed by atoms with E-state index in [-0.39, 0.29) is 0 Å². The van der Waals surface area contributed by atoms with Gasteiger partial charge in [-0.2, -0.15) is 0 Å². The Hall–Kier alpha value is -2.96. The summed E-state index contributed by atoms with van der Waals surface area (Å²) in [5.74, 6) is 2.22. The molecule has 3 heterocycles. The number of rotatable bonds is 9. The number of pyridine rings is 2. The first-order valence-electron chi connectivity index (χ1n) is 10.7. The third-order valence-electron chi connectivity index (χ3n) is 5.23. The summed E-state index contributed by atoms with van der Waals surface area (Å²) in [7, 11) is 0. The maximum atomic E-state index is 6.06. The van der Waals surface area contributed by atoms with Crippen molar-refractivity contribution in [3.8, 4) is 11.6 Å². The van der Waals surface area contributed by atoms with Gasteiger partial charge in [0.25, 0.3) is 0 Å². The highest BCUT2D eigenvalue weighted by Gasteiger charge is 2.10. The van der Waals surface area contributed by atoms with E-state index in [1.54, 1.807) is 12.4 Å². The van der Waals surface area contributed by atoms with E-state index < -0.39 is 0 Å². The molecule has 0 amide bonds. The van der Waals surface area contributed by atoms with Gasteiger partial charge in [0.2, 0.25) is 5.88 Å². The summed E-state index contributed by atoms with van der Waals surface area (Å²) in [5.41, 5.74) is 2.02. The molecule has 3 aromatic rings. The van der Waals surface area contributed by atoms with Crippen molar-refractivity contribution >= 4 is 11.5 Å². The molecule has 0 radical (unpaired) electrons. The minimum absolute atomic E-state index is 0.647. The maximum absolute atomic E-state index is 6.06. The van der Waals surface area contributed by atoms with Gasteiger partial charge in [-0.05, 0) is 68.4 Å². The molecule has 30 heavy (non-hydrogen) atoms. The van der Waals surface area contributed by atoms with Crippen molar-refractivity contribution in [2.24, 2.45) is 0 Å². The van der Waals surface area contributed by atoms with Crippen LogP contribution in [0, 0.1) is 0 Å². The molecule has 0 bridgehead atoms. The van der Waals surface area contributed by atoms with Gasteiger partial charge in [-0.3, -0.25) is 0 Å². The van der Waals surface area contributed by atoms with E-state index in [0.717, 1.165) is 42.5 Å². The quantitative estimate of drug-likeness (QED) is 0.510. The third-order valence-corrected chi connectivity index (χ3v) is 5.23. The summed E-state index contributed by atoms with van der Waals surface area (Å²) in [6.07, 6.45) is 7.57. The molecule has 4 rings (SSSR count). The monoisotopic (exact) mass is 403 g/mol. The van der Waals surface area contributed by atoms with E-state index >= 15 is 0 Å². The first-order chi connectivity index (χ1) is 14.9. The Labute approximate surface area is 178 Å². The number of ether oxygens (including phenoxy) is 1. The Balaban J connectivity index is 1.30. The number of nitrogens with one attached hydrogen (secondary N) is 2. The molecule has 6 nitrogen and oxygen atoms in total. The zero-order valence-electron chi connectivity index (χ0n) is 17.3. The van der Waals surface area contributed by atoms with E-state index in [9.17, 15) is 0 Å². The van der Waals surface area contributed by atoms with E-state index in [4.69, 9.17) is 4.74 Å². The fourth-order valence-electron chi connectivity index (χ4n) is 3.60. The van der Waals surface area contributed by atoms with Crippen LogP contribution in [-0.2, 0) is 6.54 Å². The number of anilines is 2. The average molecular weight is 404 g/mol. The van der Waals surface area contributed by atoms with Gasteiger partial charge in [0, 0.05) is 43.3 Å². The van der Waals surface area contributed by atoms with Gasteiger partial charge in [0.15, 0.2) is 0 Å². The van der Waals surface area contributed by atoms with Crippen LogP contribution in [0.3, 0.4) is 0 Å². The highest BCUT2D eigenvalue weighted by Crippen LogP contribution is 2.25. The summed E-state index contributed by atoms with van der Waals surface area (Å²) in [6, 6.07) is 17.6. The summed E-state index contributed by atoms with van der Waals surface area (Å²) in [5, 5.41) is 6.80. The van der Waals surface area contributed by atoms with Crippen LogP contribution in [0.1, 0.15) is 24.8 Å². The fourth-order valence-corrected chi connectivity index (χ4v) is 3.60. The van der Waals surface area contributed by atoms with Crippen LogP contribution in [0.5, 0.6) is 11.6 Å². The Kier molecular flexibility index (Phi) is 7.26. The Morgan fingerprint density at radius 2 is 1.70 bits per heavy atom. The van der Waals surface area contributed by atoms with Crippen LogP contribution in [0.2, 0.25) is 0 Å². The molecule has 0 unspecified atom stereocenters. The molecule has 1 aliphatic heterocycles. The molecule has 1 aromatic carbocycles. The first kappa shape index (κ1) is 20.3. The predicted molar refractivity (Wildman–Crippen MR) is 120 cm³/mol. The molecule has 0 aliphatic carbocycles. The lowest BCUT2D eigenvalue weighted by molar-refractivity contribution is 0.229. The van der Waals surface area contributed by atoms with E-state index in [0.29, 0.717) is 5.88 Å². The molecular formula is C24H29N5O. The first-order valence-corrected chi connectivity index (χ1v) is 10.7. The molecule has 2 N–H and O–H groups in total. The van der Waals surface area contributed by atoms with Crippen LogP contribution in [-0.4, -0.2) is 41.0 Å². The van der Waals surface area contributed by atoms with Gasteiger partial charge in [-0.25, -0.2) is 9.97 Å². The lowest BCUT2D eigenvalue weighted by Gasteiger charge is -2.26. The molecule has 1 saturated heterocycles. The van der Waals surface area contributed by atoms with Crippen LogP contribution >= 0.6 is 0 Å². The van der Waals surface area contributed by atoms with Crippen molar-refractivity contribution in [1.82, 2.24) is 20.2 Å². The summed E-state index contributed by atoms with van der Waals surface area (Å²) in [6.45, 7) is 5.28. The smallest absolute Gasteiger partial charge is 0.223 e. The minimum atomic E-state index is 0.647. The topological polar surface area (TPSA) is 62.3 Å². The van der Waals surface area contributed by atoms with Crippen LogP contribution in [0.4, 0.5) is 11.5 Å². The number of hydrogen-bond acceptors (Lipinski definition) is 6. The second-order valence-corrected chi connectivity index (χ2v) is 7.51. The standard InChI is InChI=1S/C24H29N5O/c1-4-16-29(17-5-1)18-15-25-19-20-7-6-14-27-24(20)30-22-11-9-21(10-12-22)28-23-8-2-3-13-26-23/h2-3,6-14,25H,1,4-5,15-19H2,(H,26,28). The van der Waals surface area contributed by atoms with E-state index in [2.05, 4.69) is 31.6 Å². The van der Waals surface area contributed by atoms with Gasteiger partial charge >= 0.3 is 0 Å². The van der Waals surface area contributed by atoms with Crippen LogP contribution < -0.4 is 15.4 Å². The SMILES string of the molecule is c1ccc(Nc2ccc(Oc3ncccc3CNCCN3CCCCC3)cc2)nc1. The largest absolute Gasteiger partial charge is 0.439 e. The lowest BCUT2D eigenvalue weighted by Crippen LogP contribution is -2.35.